The number of sulfonamides is 1. The van der Waals surface area contributed by atoms with Gasteiger partial charge in [-0.3, -0.25) is 4.98 Å². The van der Waals surface area contributed by atoms with Crippen LogP contribution in [0.25, 0.3) is 0 Å². The molecule has 0 spiro atoms. The van der Waals surface area contributed by atoms with Gasteiger partial charge in [0.15, 0.2) is 0 Å². The van der Waals surface area contributed by atoms with Crippen LogP contribution in [0.3, 0.4) is 0 Å². The van der Waals surface area contributed by atoms with E-state index in [2.05, 4.69) is 9.97 Å². The molecule has 1 aliphatic heterocycles. The summed E-state index contributed by atoms with van der Waals surface area (Å²) in [6.45, 7) is 0.512. The lowest BCUT2D eigenvalue weighted by atomic mass is 10.1. The van der Waals surface area contributed by atoms with Crippen LogP contribution in [0.4, 0.5) is 0 Å². The third-order valence-electron chi connectivity index (χ3n) is 3.60. The van der Waals surface area contributed by atoms with Gasteiger partial charge >= 0.3 is 0 Å². The fraction of sp³-hybridized carbons (Fsp3) is 0.286. The fourth-order valence-electron chi connectivity index (χ4n) is 2.60. The van der Waals surface area contributed by atoms with Crippen LogP contribution < -0.4 is 0 Å². The highest BCUT2D eigenvalue weighted by atomic mass is 35.5. The highest BCUT2D eigenvalue weighted by Gasteiger charge is 2.36. The summed E-state index contributed by atoms with van der Waals surface area (Å²) < 4.78 is 27.0. The SMILES string of the molecule is O=S(=O)(c1ccc(Cl)nc1)N1CCCC1c1ccncc1. The quantitative estimate of drug-likeness (QED) is 0.815. The van der Waals surface area contributed by atoms with Gasteiger partial charge in [-0.15, -0.1) is 0 Å². The molecule has 0 amide bonds. The molecule has 1 fully saturated rings. The van der Waals surface area contributed by atoms with Crippen LogP contribution in [0.2, 0.25) is 5.15 Å². The summed E-state index contributed by atoms with van der Waals surface area (Å²) in [5.41, 5.74) is 0.966. The van der Waals surface area contributed by atoms with Crippen molar-refractivity contribution in [1.29, 1.82) is 0 Å². The smallest absolute Gasteiger partial charge is 0.245 e. The van der Waals surface area contributed by atoms with Gasteiger partial charge in [-0.05, 0) is 42.7 Å². The number of hydrogen-bond acceptors (Lipinski definition) is 4. The number of hydrogen-bond donors (Lipinski definition) is 0. The minimum atomic E-state index is -3.56. The highest BCUT2D eigenvalue weighted by Crippen LogP contribution is 2.36. The average molecular weight is 324 g/mol. The Hall–Kier alpha value is -1.50. The van der Waals surface area contributed by atoms with Crippen molar-refractivity contribution in [3.63, 3.8) is 0 Å². The molecule has 21 heavy (non-hydrogen) atoms. The molecule has 0 bridgehead atoms. The van der Waals surface area contributed by atoms with Crippen LogP contribution in [0.15, 0.2) is 47.8 Å². The Kier molecular flexibility index (Phi) is 3.93. The predicted octanol–water partition coefficient (Wildman–Crippen LogP) is 2.66. The second-order valence-electron chi connectivity index (χ2n) is 4.87. The van der Waals surface area contributed by atoms with Crippen LogP contribution in [0.5, 0.6) is 0 Å². The zero-order valence-electron chi connectivity index (χ0n) is 11.2. The first-order chi connectivity index (χ1) is 10.1. The summed E-state index contributed by atoms with van der Waals surface area (Å²) in [4.78, 5) is 8.02. The predicted molar refractivity (Wildman–Crippen MR) is 79.4 cm³/mol. The first-order valence-electron chi connectivity index (χ1n) is 6.62. The van der Waals surface area contributed by atoms with Crippen LogP contribution >= 0.6 is 11.6 Å². The number of pyridine rings is 2. The molecular weight excluding hydrogens is 310 g/mol. The third kappa shape index (κ3) is 2.79. The van der Waals surface area contributed by atoms with Gasteiger partial charge in [0, 0.05) is 25.1 Å². The van der Waals surface area contributed by atoms with Crippen molar-refractivity contribution in [2.45, 2.75) is 23.8 Å². The zero-order chi connectivity index (χ0) is 14.9. The fourth-order valence-corrected chi connectivity index (χ4v) is 4.34. The number of nitrogens with zero attached hydrogens (tertiary/aromatic N) is 3. The van der Waals surface area contributed by atoms with Crippen LogP contribution in [-0.2, 0) is 10.0 Å². The van der Waals surface area contributed by atoms with E-state index in [-0.39, 0.29) is 16.1 Å². The standard InChI is InChI=1S/C14H14ClN3O2S/c15-14-4-3-12(10-17-14)21(19,20)18-9-1-2-13(18)11-5-7-16-8-6-11/h3-8,10,13H,1-2,9H2. The van der Waals surface area contributed by atoms with Crippen LogP contribution in [0, 0.1) is 0 Å². The van der Waals surface area contributed by atoms with Gasteiger partial charge < -0.3 is 0 Å². The molecule has 2 aromatic rings. The summed E-state index contributed by atoms with van der Waals surface area (Å²) >= 11 is 5.72. The number of aromatic nitrogens is 2. The van der Waals surface area contributed by atoms with Crippen LogP contribution in [-0.4, -0.2) is 29.2 Å². The van der Waals surface area contributed by atoms with Gasteiger partial charge in [-0.1, -0.05) is 11.6 Å². The first-order valence-corrected chi connectivity index (χ1v) is 8.44. The van der Waals surface area contributed by atoms with Gasteiger partial charge in [0.1, 0.15) is 10.0 Å². The van der Waals surface area contributed by atoms with Gasteiger partial charge in [0.2, 0.25) is 10.0 Å². The van der Waals surface area contributed by atoms with E-state index < -0.39 is 10.0 Å². The second-order valence-corrected chi connectivity index (χ2v) is 7.15. The molecular formula is C14H14ClN3O2S. The first kappa shape index (κ1) is 14.4. The molecule has 1 saturated heterocycles. The molecule has 0 N–H and O–H groups in total. The van der Waals surface area contributed by atoms with Crippen molar-refractivity contribution in [2.75, 3.05) is 6.54 Å². The molecule has 7 heteroatoms. The van der Waals surface area contributed by atoms with Crippen molar-refractivity contribution in [1.82, 2.24) is 14.3 Å². The lowest BCUT2D eigenvalue weighted by Crippen LogP contribution is -2.30. The van der Waals surface area contributed by atoms with E-state index in [9.17, 15) is 8.42 Å². The highest BCUT2D eigenvalue weighted by molar-refractivity contribution is 7.89. The maximum atomic E-state index is 12.8. The van der Waals surface area contributed by atoms with Gasteiger partial charge in [0.05, 0.1) is 6.04 Å². The van der Waals surface area contributed by atoms with E-state index in [0.29, 0.717) is 6.54 Å². The Balaban J connectivity index is 1.96. The largest absolute Gasteiger partial charge is 0.265 e. The summed E-state index contributed by atoms with van der Waals surface area (Å²) in [5.74, 6) is 0. The maximum Gasteiger partial charge on any atom is 0.245 e. The van der Waals surface area contributed by atoms with E-state index >= 15 is 0 Å². The molecule has 3 heterocycles. The molecule has 110 valence electrons. The Labute approximate surface area is 128 Å². The van der Waals surface area contributed by atoms with Crippen molar-refractivity contribution in [3.8, 4) is 0 Å². The molecule has 2 aromatic heterocycles. The summed E-state index contributed by atoms with van der Waals surface area (Å²) in [6.07, 6.45) is 6.32. The molecule has 3 rings (SSSR count). The second kappa shape index (κ2) is 5.71. The molecule has 1 atom stereocenters. The van der Waals surface area contributed by atoms with E-state index in [0.717, 1.165) is 18.4 Å². The Bertz CT molecular complexity index is 720. The summed E-state index contributed by atoms with van der Waals surface area (Å²) in [6, 6.07) is 6.56. The number of rotatable bonds is 3. The van der Waals surface area contributed by atoms with E-state index in [1.165, 1.54) is 22.6 Å². The molecule has 0 aromatic carbocycles. The van der Waals surface area contributed by atoms with Crippen LogP contribution in [0.1, 0.15) is 24.4 Å². The summed E-state index contributed by atoms with van der Waals surface area (Å²) in [5, 5.41) is 0.279. The third-order valence-corrected chi connectivity index (χ3v) is 5.72. The molecule has 0 saturated carbocycles. The monoisotopic (exact) mass is 323 g/mol. The Morgan fingerprint density at radius 2 is 1.95 bits per heavy atom. The Morgan fingerprint density at radius 1 is 1.19 bits per heavy atom. The van der Waals surface area contributed by atoms with Gasteiger partial charge in [0.25, 0.3) is 0 Å². The molecule has 0 radical (unpaired) electrons. The number of halogens is 1. The van der Waals surface area contributed by atoms with Crippen molar-refractivity contribution in [2.24, 2.45) is 0 Å². The minimum Gasteiger partial charge on any atom is -0.265 e. The Morgan fingerprint density at radius 3 is 2.62 bits per heavy atom. The maximum absolute atomic E-state index is 12.8. The minimum absolute atomic E-state index is 0.145. The van der Waals surface area contributed by atoms with E-state index in [1.54, 1.807) is 12.4 Å². The van der Waals surface area contributed by atoms with E-state index in [1.807, 2.05) is 12.1 Å². The normalized spacial score (nSPS) is 19.8. The zero-order valence-corrected chi connectivity index (χ0v) is 12.8. The lowest BCUT2D eigenvalue weighted by Gasteiger charge is -2.24. The van der Waals surface area contributed by atoms with E-state index in [4.69, 9.17) is 11.6 Å². The lowest BCUT2D eigenvalue weighted by molar-refractivity contribution is 0.396. The van der Waals surface area contributed by atoms with Crippen molar-refractivity contribution >= 4 is 21.6 Å². The summed E-state index contributed by atoms with van der Waals surface area (Å²) in [7, 11) is -3.56. The molecule has 5 nitrogen and oxygen atoms in total. The average Bonchev–Trinajstić information content (AvgIpc) is 2.99. The van der Waals surface area contributed by atoms with Gasteiger partial charge in [-0.25, -0.2) is 13.4 Å². The topological polar surface area (TPSA) is 63.2 Å². The van der Waals surface area contributed by atoms with Crippen molar-refractivity contribution < 1.29 is 8.42 Å². The molecule has 1 aliphatic rings. The van der Waals surface area contributed by atoms with Gasteiger partial charge in [-0.2, -0.15) is 4.31 Å². The molecule has 0 aliphatic carbocycles. The molecule has 1 unspecified atom stereocenters. The van der Waals surface area contributed by atoms with Crippen molar-refractivity contribution in [3.05, 3.63) is 53.6 Å².